The lowest BCUT2D eigenvalue weighted by Crippen LogP contribution is -2.27. The highest BCUT2D eigenvalue weighted by Gasteiger charge is 2.15. The number of rotatable bonds is 6. The second-order valence-electron chi connectivity index (χ2n) is 5.27. The van der Waals surface area contributed by atoms with E-state index in [0.717, 1.165) is 5.39 Å². The molecule has 0 aliphatic heterocycles. The Morgan fingerprint density at radius 1 is 1.33 bits per heavy atom. The highest BCUT2D eigenvalue weighted by molar-refractivity contribution is 5.96. The number of nitrogens with one attached hydrogen (secondary N) is 1. The number of aromatic nitrogens is 2. The molecule has 0 aliphatic rings. The van der Waals surface area contributed by atoms with Crippen LogP contribution in [0.25, 0.3) is 10.9 Å². The van der Waals surface area contributed by atoms with Crippen LogP contribution in [0, 0.1) is 5.92 Å². The van der Waals surface area contributed by atoms with Crippen molar-refractivity contribution in [3.05, 3.63) is 30.1 Å². The number of hydrogen-bond acceptors (Lipinski definition) is 5. The monoisotopic (exact) mass is 289 g/mol. The lowest BCUT2D eigenvalue weighted by atomic mass is 10.0. The van der Waals surface area contributed by atoms with Crippen molar-refractivity contribution < 1.29 is 15.0 Å². The van der Waals surface area contributed by atoms with E-state index in [0.29, 0.717) is 23.7 Å². The summed E-state index contributed by atoms with van der Waals surface area (Å²) in [5, 5.41) is 22.2. The van der Waals surface area contributed by atoms with Gasteiger partial charge >= 0.3 is 5.97 Å². The fourth-order valence-corrected chi connectivity index (χ4v) is 2.19. The molecule has 3 N–H and O–H groups in total. The minimum atomic E-state index is -0.981. The van der Waals surface area contributed by atoms with Crippen molar-refractivity contribution in [3.8, 4) is 0 Å². The highest BCUT2D eigenvalue weighted by atomic mass is 16.4. The standard InChI is InChI=1S/C15H19N3O3/c1-9(2)12(5-6-19)18-14-11-4-3-10(15(20)21)7-13(11)16-8-17-14/h3-4,7-9,12,19H,5-6H2,1-2H3,(H,20,21)(H,16,17,18). The Kier molecular flexibility index (Phi) is 4.70. The number of benzene rings is 1. The Morgan fingerprint density at radius 2 is 2.10 bits per heavy atom. The Hall–Kier alpha value is -2.21. The van der Waals surface area contributed by atoms with Gasteiger partial charge in [0, 0.05) is 18.0 Å². The number of carboxylic acid groups (broad SMARTS) is 1. The first-order chi connectivity index (χ1) is 10.0. The van der Waals surface area contributed by atoms with Gasteiger partial charge in [-0.3, -0.25) is 0 Å². The predicted molar refractivity (Wildman–Crippen MR) is 80.4 cm³/mol. The highest BCUT2D eigenvalue weighted by Crippen LogP contribution is 2.23. The van der Waals surface area contributed by atoms with Crippen LogP contribution in [0.1, 0.15) is 30.6 Å². The third-order valence-corrected chi connectivity index (χ3v) is 3.45. The van der Waals surface area contributed by atoms with E-state index in [4.69, 9.17) is 10.2 Å². The van der Waals surface area contributed by atoms with Gasteiger partial charge in [-0.2, -0.15) is 0 Å². The molecule has 6 nitrogen and oxygen atoms in total. The summed E-state index contributed by atoms with van der Waals surface area (Å²) in [6.07, 6.45) is 2.03. The first-order valence-electron chi connectivity index (χ1n) is 6.88. The van der Waals surface area contributed by atoms with E-state index >= 15 is 0 Å². The molecule has 1 aromatic heterocycles. The minimum absolute atomic E-state index is 0.0900. The van der Waals surface area contributed by atoms with Crippen LogP contribution in [-0.2, 0) is 0 Å². The summed E-state index contributed by atoms with van der Waals surface area (Å²) in [7, 11) is 0. The van der Waals surface area contributed by atoms with Crippen LogP contribution in [0.3, 0.4) is 0 Å². The van der Waals surface area contributed by atoms with Crippen molar-refractivity contribution >= 4 is 22.7 Å². The third kappa shape index (κ3) is 3.46. The summed E-state index contributed by atoms with van der Waals surface area (Å²) in [6, 6.07) is 4.86. The molecular formula is C15H19N3O3. The number of carboxylic acids is 1. The van der Waals surface area contributed by atoms with E-state index < -0.39 is 5.97 Å². The van der Waals surface area contributed by atoms with E-state index in [9.17, 15) is 4.79 Å². The largest absolute Gasteiger partial charge is 0.478 e. The van der Waals surface area contributed by atoms with E-state index in [-0.39, 0.29) is 18.2 Å². The SMILES string of the molecule is CC(C)C(CCO)Nc1ncnc2cc(C(=O)O)ccc12. The van der Waals surface area contributed by atoms with Crippen LogP contribution in [0.2, 0.25) is 0 Å². The van der Waals surface area contributed by atoms with Crippen molar-refractivity contribution in [2.24, 2.45) is 5.92 Å². The number of carbonyl (C=O) groups is 1. The fraction of sp³-hybridized carbons (Fsp3) is 0.400. The fourth-order valence-electron chi connectivity index (χ4n) is 2.19. The van der Waals surface area contributed by atoms with Crippen LogP contribution in [0.4, 0.5) is 5.82 Å². The summed E-state index contributed by atoms with van der Waals surface area (Å²) in [6.45, 7) is 4.24. The summed E-state index contributed by atoms with van der Waals surface area (Å²) >= 11 is 0. The van der Waals surface area contributed by atoms with Crippen LogP contribution >= 0.6 is 0 Å². The van der Waals surface area contributed by atoms with E-state index in [1.807, 2.05) is 0 Å². The van der Waals surface area contributed by atoms with Gasteiger partial charge in [-0.05, 0) is 30.5 Å². The van der Waals surface area contributed by atoms with E-state index in [1.54, 1.807) is 6.07 Å². The molecule has 0 radical (unpaired) electrons. The normalized spacial score (nSPS) is 12.6. The molecule has 6 heteroatoms. The number of aromatic carboxylic acids is 1. The molecule has 2 aromatic rings. The Morgan fingerprint density at radius 3 is 2.71 bits per heavy atom. The number of hydrogen-bond donors (Lipinski definition) is 3. The third-order valence-electron chi connectivity index (χ3n) is 3.45. The molecule has 1 unspecified atom stereocenters. The maximum absolute atomic E-state index is 11.0. The number of anilines is 1. The smallest absolute Gasteiger partial charge is 0.335 e. The maximum Gasteiger partial charge on any atom is 0.335 e. The van der Waals surface area contributed by atoms with Crippen molar-refractivity contribution in [2.45, 2.75) is 26.3 Å². The number of aliphatic hydroxyl groups excluding tert-OH is 1. The zero-order valence-corrected chi connectivity index (χ0v) is 12.1. The molecule has 1 aromatic carbocycles. The lowest BCUT2D eigenvalue weighted by Gasteiger charge is -2.22. The number of aliphatic hydroxyl groups is 1. The molecular weight excluding hydrogens is 270 g/mol. The second kappa shape index (κ2) is 6.49. The summed E-state index contributed by atoms with van der Waals surface area (Å²) in [4.78, 5) is 19.3. The first kappa shape index (κ1) is 15.2. The summed E-state index contributed by atoms with van der Waals surface area (Å²) < 4.78 is 0. The van der Waals surface area contributed by atoms with Gasteiger partial charge in [-0.25, -0.2) is 14.8 Å². The second-order valence-corrected chi connectivity index (χ2v) is 5.27. The maximum atomic E-state index is 11.0. The summed E-state index contributed by atoms with van der Waals surface area (Å²) in [5.74, 6) is 0.00917. The van der Waals surface area contributed by atoms with E-state index in [1.165, 1.54) is 18.5 Å². The molecule has 0 saturated heterocycles. The molecule has 0 aliphatic carbocycles. The summed E-state index contributed by atoms with van der Waals surface area (Å²) in [5.41, 5.74) is 0.779. The Labute approximate surface area is 122 Å². The topological polar surface area (TPSA) is 95.3 Å². The van der Waals surface area contributed by atoms with Crippen LogP contribution < -0.4 is 5.32 Å². The number of fused-ring (bicyclic) bond motifs is 1. The average Bonchev–Trinajstić information content (AvgIpc) is 2.46. The molecule has 2 rings (SSSR count). The predicted octanol–water partition coefficient (Wildman–Crippen LogP) is 2.15. The van der Waals surface area contributed by atoms with Crippen molar-refractivity contribution in [3.63, 3.8) is 0 Å². The molecule has 1 heterocycles. The van der Waals surface area contributed by atoms with Gasteiger partial charge in [-0.1, -0.05) is 13.8 Å². The van der Waals surface area contributed by atoms with Gasteiger partial charge in [0.25, 0.3) is 0 Å². The molecule has 0 saturated carbocycles. The minimum Gasteiger partial charge on any atom is -0.478 e. The van der Waals surface area contributed by atoms with Gasteiger partial charge in [0.05, 0.1) is 11.1 Å². The molecule has 21 heavy (non-hydrogen) atoms. The van der Waals surface area contributed by atoms with Crippen LogP contribution in [0.5, 0.6) is 0 Å². The quantitative estimate of drug-likeness (QED) is 0.754. The lowest BCUT2D eigenvalue weighted by molar-refractivity contribution is 0.0697. The Balaban J connectivity index is 2.38. The van der Waals surface area contributed by atoms with Gasteiger partial charge in [0.15, 0.2) is 0 Å². The van der Waals surface area contributed by atoms with E-state index in [2.05, 4.69) is 29.1 Å². The first-order valence-corrected chi connectivity index (χ1v) is 6.88. The molecule has 0 fully saturated rings. The molecule has 1 atom stereocenters. The van der Waals surface area contributed by atoms with Gasteiger partial charge in [0.2, 0.25) is 0 Å². The van der Waals surface area contributed by atoms with Crippen molar-refractivity contribution in [1.29, 1.82) is 0 Å². The molecule has 0 spiro atoms. The van der Waals surface area contributed by atoms with Gasteiger partial charge in [-0.15, -0.1) is 0 Å². The van der Waals surface area contributed by atoms with Gasteiger partial charge < -0.3 is 15.5 Å². The number of nitrogens with zero attached hydrogens (tertiary/aromatic N) is 2. The van der Waals surface area contributed by atoms with Crippen LogP contribution in [0.15, 0.2) is 24.5 Å². The average molecular weight is 289 g/mol. The molecule has 112 valence electrons. The van der Waals surface area contributed by atoms with Gasteiger partial charge in [0.1, 0.15) is 12.1 Å². The zero-order chi connectivity index (χ0) is 15.4. The van der Waals surface area contributed by atoms with Crippen molar-refractivity contribution in [1.82, 2.24) is 9.97 Å². The Bertz CT molecular complexity index is 643. The zero-order valence-electron chi connectivity index (χ0n) is 12.1. The molecule has 0 bridgehead atoms. The van der Waals surface area contributed by atoms with Crippen LogP contribution in [-0.4, -0.2) is 38.8 Å². The van der Waals surface area contributed by atoms with Crippen molar-refractivity contribution in [2.75, 3.05) is 11.9 Å². The molecule has 0 amide bonds.